The fraction of sp³-hybridized carbons (Fsp3) is 0.286. The van der Waals surface area contributed by atoms with Gasteiger partial charge < -0.3 is 10.5 Å². The average Bonchev–Trinajstić information content (AvgIpc) is 2.99. The summed E-state index contributed by atoms with van der Waals surface area (Å²) >= 11 is 8.29. The summed E-state index contributed by atoms with van der Waals surface area (Å²) in [6, 6.07) is 4.19. The van der Waals surface area contributed by atoms with Gasteiger partial charge in [-0.25, -0.2) is 4.98 Å². The first-order valence-corrected chi connectivity index (χ1v) is 8.44. The molecule has 0 radical (unpaired) electrons. The van der Waals surface area contributed by atoms with Gasteiger partial charge in [-0.1, -0.05) is 12.2 Å². The fourth-order valence-corrected chi connectivity index (χ4v) is 4.11. The van der Waals surface area contributed by atoms with Crippen molar-refractivity contribution in [1.82, 2.24) is 4.98 Å². The molecule has 0 atom stereocenters. The molecule has 6 heteroatoms. The van der Waals surface area contributed by atoms with Crippen molar-refractivity contribution in [2.45, 2.75) is 19.8 Å². The summed E-state index contributed by atoms with van der Waals surface area (Å²) in [5, 5.41) is 4.31. The molecule has 3 rings (SSSR count). The molecule has 2 heterocycles. The molecule has 2 N–H and O–H groups in total. The molecule has 1 aromatic carbocycles. The van der Waals surface area contributed by atoms with Crippen molar-refractivity contribution in [2.75, 3.05) is 6.61 Å². The van der Waals surface area contributed by atoms with E-state index in [1.54, 1.807) is 22.7 Å². The normalized spacial score (nSPS) is 11.2. The lowest BCUT2D eigenvalue weighted by atomic mass is 10.2. The lowest BCUT2D eigenvalue weighted by molar-refractivity contribution is 0.318. The molecule has 20 heavy (non-hydrogen) atoms. The Morgan fingerprint density at radius 2 is 2.35 bits per heavy atom. The molecule has 0 bridgehead atoms. The van der Waals surface area contributed by atoms with E-state index in [0.29, 0.717) is 11.6 Å². The number of aryl methyl sites for hydroxylation is 1. The SMILES string of the molecule is Cc1nc2c(cc(OCCCC(N)=S)c3ccsc32)s1. The Labute approximate surface area is 130 Å². The maximum Gasteiger partial charge on any atom is 0.129 e. The Morgan fingerprint density at radius 3 is 3.15 bits per heavy atom. The number of nitrogens with zero attached hydrogens (tertiary/aromatic N) is 1. The monoisotopic (exact) mass is 322 g/mol. The topological polar surface area (TPSA) is 48.1 Å². The van der Waals surface area contributed by atoms with Gasteiger partial charge in [-0.2, -0.15) is 0 Å². The van der Waals surface area contributed by atoms with E-state index in [9.17, 15) is 0 Å². The van der Waals surface area contributed by atoms with Crippen LogP contribution in [0.15, 0.2) is 17.5 Å². The van der Waals surface area contributed by atoms with Gasteiger partial charge in [-0.3, -0.25) is 0 Å². The number of nitrogens with two attached hydrogens (primary N) is 1. The minimum Gasteiger partial charge on any atom is -0.493 e. The van der Waals surface area contributed by atoms with Gasteiger partial charge in [0, 0.05) is 17.9 Å². The van der Waals surface area contributed by atoms with E-state index in [4.69, 9.17) is 22.7 Å². The van der Waals surface area contributed by atoms with Crippen LogP contribution in [0.25, 0.3) is 20.3 Å². The highest BCUT2D eigenvalue weighted by Crippen LogP contribution is 2.38. The Bertz CT molecular complexity index is 775. The Balaban J connectivity index is 1.92. The Hall–Kier alpha value is -1.24. The van der Waals surface area contributed by atoms with Crippen LogP contribution in [0.3, 0.4) is 0 Å². The highest BCUT2D eigenvalue weighted by molar-refractivity contribution is 7.80. The highest BCUT2D eigenvalue weighted by Gasteiger charge is 2.12. The largest absolute Gasteiger partial charge is 0.493 e. The fourth-order valence-electron chi connectivity index (χ4n) is 2.13. The van der Waals surface area contributed by atoms with E-state index in [1.807, 2.05) is 6.92 Å². The summed E-state index contributed by atoms with van der Waals surface area (Å²) in [4.78, 5) is 5.16. The third kappa shape index (κ3) is 2.63. The number of thiazole rings is 1. The van der Waals surface area contributed by atoms with Crippen LogP contribution < -0.4 is 10.5 Å². The van der Waals surface area contributed by atoms with Crippen LogP contribution >= 0.6 is 34.9 Å². The van der Waals surface area contributed by atoms with Crippen LogP contribution in [-0.2, 0) is 0 Å². The number of fused-ring (bicyclic) bond motifs is 3. The standard InChI is InChI=1S/C14H14N2OS3/c1-8-16-13-11(20-8)7-10(9-4-6-19-14(9)13)17-5-2-3-12(15)18/h4,6-7H,2-3,5H2,1H3,(H2,15,18). The molecular formula is C14H14N2OS3. The third-order valence-corrected chi connectivity index (χ3v) is 5.04. The minimum absolute atomic E-state index is 0.544. The van der Waals surface area contributed by atoms with E-state index in [-0.39, 0.29) is 0 Å². The minimum atomic E-state index is 0.544. The number of aromatic nitrogens is 1. The first-order valence-electron chi connectivity index (χ1n) is 6.33. The number of benzene rings is 1. The number of thiocarbonyl (C=S) groups is 1. The number of rotatable bonds is 5. The van der Waals surface area contributed by atoms with Crippen molar-refractivity contribution in [3.63, 3.8) is 0 Å². The number of thiophene rings is 1. The second-order valence-electron chi connectivity index (χ2n) is 4.54. The molecule has 0 saturated carbocycles. The molecule has 3 nitrogen and oxygen atoms in total. The second kappa shape index (κ2) is 5.63. The lowest BCUT2D eigenvalue weighted by Crippen LogP contribution is -2.09. The molecule has 0 amide bonds. The van der Waals surface area contributed by atoms with Crippen molar-refractivity contribution in [1.29, 1.82) is 0 Å². The second-order valence-corrected chi connectivity index (χ2v) is 7.21. The molecule has 104 valence electrons. The van der Waals surface area contributed by atoms with E-state index in [1.165, 1.54) is 9.40 Å². The number of hydrogen-bond donors (Lipinski definition) is 1. The van der Waals surface area contributed by atoms with Gasteiger partial charge in [-0.05, 0) is 24.8 Å². The Kier molecular flexibility index (Phi) is 3.87. The summed E-state index contributed by atoms with van der Waals surface area (Å²) in [6.45, 7) is 2.67. The van der Waals surface area contributed by atoms with Crippen LogP contribution in [0.4, 0.5) is 0 Å². The van der Waals surface area contributed by atoms with Crippen LogP contribution in [0.1, 0.15) is 17.8 Å². The zero-order chi connectivity index (χ0) is 14.1. The van der Waals surface area contributed by atoms with Crippen LogP contribution in [0, 0.1) is 6.92 Å². The van der Waals surface area contributed by atoms with Crippen LogP contribution in [0.5, 0.6) is 5.75 Å². The summed E-state index contributed by atoms with van der Waals surface area (Å²) in [5.41, 5.74) is 6.58. The maximum absolute atomic E-state index is 5.92. The first kappa shape index (κ1) is 13.7. The molecule has 3 aromatic rings. The van der Waals surface area contributed by atoms with Crippen molar-refractivity contribution >= 4 is 60.2 Å². The average molecular weight is 322 g/mol. The van der Waals surface area contributed by atoms with Crippen molar-refractivity contribution in [3.05, 3.63) is 22.5 Å². The molecule has 0 aliphatic rings. The summed E-state index contributed by atoms with van der Waals surface area (Å²) < 4.78 is 8.30. The predicted molar refractivity (Wildman–Crippen MR) is 91.3 cm³/mol. The summed E-state index contributed by atoms with van der Waals surface area (Å²) in [5.74, 6) is 0.931. The van der Waals surface area contributed by atoms with E-state index < -0.39 is 0 Å². The molecular weight excluding hydrogens is 308 g/mol. The predicted octanol–water partition coefficient (Wildman–Crippen LogP) is 4.26. The van der Waals surface area contributed by atoms with Crippen LogP contribution in [-0.4, -0.2) is 16.6 Å². The van der Waals surface area contributed by atoms with Gasteiger partial charge in [0.1, 0.15) is 5.75 Å². The molecule has 0 unspecified atom stereocenters. The maximum atomic E-state index is 5.92. The van der Waals surface area contributed by atoms with Gasteiger partial charge in [0.15, 0.2) is 0 Å². The smallest absolute Gasteiger partial charge is 0.129 e. The number of ether oxygens (including phenoxy) is 1. The summed E-state index contributed by atoms with van der Waals surface area (Å²) in [6.07, 6.45) is 1.57. The molecule has 0 aliphatic carbocycles. The Morgan fingerprint density at radius 1 is 1.50 bits per heavy atom. The third-order valence-electron chi connectivity index (χ3n) is 2.99. The highest BCUT2D eigenvalue weighted by atomic mass is 32.1. The lowest BCUT2D eigenvalue weighted by Gasteiger charge is -2.07. The quantitative estimate of drug-likeness (QED) is 0.563. The van der Waals surface area contributed by atoms with Gasteiger partial charge in [0.25, 0.3) is 0 Å². The van der Waals surface area contributed by atoms with Crippen LogP contribution in [0.2, 0.25) is 0 Å². The van der Waals surface area contributed by atoms with Crippen molar-refractivity contribution < 1.29 is 4.74 Å². The van der Waals surface area contributed by atoms with Gasteiger partial charge in [0.05, 0.1) is 31.5 Å². The van der Waals surface area contributed by atoms with E-state index >= 15 is 0 Å². The van der Waals surface area contributed by atoms with Gasteiger partial charge in [0.2, 0.25) is 0 Å². The molecule has 0 fully saturated rings. The van der Waals surface area contributed by atoms with Crippen molar-refractivity contribution in [3.8, 4) is 5.75 Å². The molecule has 2 aromatic heterocycles. The molecule has 0 aliphatic heterocycles. The van der Waals surface area contributed by atoms with Gasteiger partial charge in [-0.15, -0.1) is 22.7 Å². The molecule has 0 spiro atoms. The number of hydrogen-bond acceptors (Lipinski definition) is 5. The zero-order valence-electron chi connectivity index (χ0n) is 11.0. The van der Waals surface area contributed by atoms with Crippen molar-refractivity contribution in [2.24, 2.45) is 5.73 Å². The van der Waals surface area contributed by atoms with E-state index in [0.717, 1.165) is 34.5 Å². The van der Waals surface area contributed by atoms with Gasteiger partial charge >= 0.3 is 0 Å². The molecule has 0 saturated heterocycles. The first-order chi connectivity index (χ1) is 9.65. The van der Waals surface area contributed by atoms with E-state index in [2.05, 4.69) is 22.5 Å². The summed E-state index contributed by atoms with van der Waals surface area (Å²) in [7, 11) is 0. The zero-order valence-corrected chi connectivity index (χ0v) is 13.5.